The van der Waals surface area contributed by atoms with Crippen LogP contribution in [-0.4, -0.2) is 16.8 Å². The van der Waals surface area contributed by atoms with Gasteiger partial charge >= 0.3 is 5.97 Å². The number of benzene rings is 2. The van der Waals surface area contributed by atoms with Crippen LogP contribution >= 0.6 is 11.8 Å². The molecule has 0 aromatic heterocycles. The molecule has 0 aliphatic rings. The van der Waals surface area contributed by atoms with Gasteiger partial charge in [-0.1, -0.05) is 106 Å². The van der Waals surface area contributed by atoms with Crippen LogP contribution in [0.5, 0.6) is 0 Å². The summed E-state index contributed by atoms with van der Waals surface area (Å²) in [6.07, 6.45) is 12.0. The molecular formula is C36H44FeO2S-6. The minimum Gasteiger partial charge on any atom is -0.748 e. The molecule has 40 heavy (non-hydrogen) atoms. The molecule has 220 valence electrons. The fourth-order valence-electron chi connectivity index (χ4n) is 5.01. The first-order chi connectivity index (χ1) is 19.2. The Morgan fingerprint density at radius 2 is 1.27 bits per heavy atom. The van der Waals surface area contributed by atoms with E-state index in [0.717, 1.165) is 6.42 Å². The molecule has 0 saturated heterocycles. The Morgan fingerprint density at radius 1 is 0.750 bits per heavy atom. The van der Waals surface area contributed by atoms with Gasteiger partial charge in [0.05, 0.1) is 6.42 Å². The summed E-state index contributed by atoms with van der Waals surface area (Å²) in [5.74, 6) is -0.201. The van der Waals surface area contributed by atoms with E-state index in [4.69, 9.17) is 0 Å². The number of unbranched alkanes of at least 4 members (excludes halogenated alkanes) is 7. The van der Waals surface area contributed by atoms with Gasteiger partial charge < -0.3 is 35.4 Å². The van der Waals surface area contributed by atoms with Crippen molar-refractivity contribution >= 4 is 17.7 Å². The molecular weight excluding hydrogens is 552 g/mol. The number of aliphatic carboxylic acids is 1. The van der Waals surface area contributed by atoms with Gasteiger partial charge in [-0.05, 0) is 29.5 Å². The Balaban J connectivity index is 0.000000840. The standard InChI is InChI=1S/C31H39O2S.C5H5.Fe/c1-2-3-4-5-6-7-8-10-15-26-20-22-29(23-21-26)31(28-18-13-14-19-28,34-25-24-30(32)33)27-16-11-9-12-17-27;1-2-4-5-3-1;/h9,11-14,16-23H,2-8,10,15,24-25H2,1H3,(H,32,33);1-5H;/q-1;-5;. The fraction of sp³-hybridized carbons (Fsp3) is 0.361. The second kappa shape index (κ2) is 19.5. The van der Waals surface area contributed by atoms with Crippen LogP contribution in [0, 0.1) is 0 Å². The van der Waals surface area contributed by atoms with Gasteiger partial charge in [0.15, 0.2) is 0 Å². The van der Waals surface area contributed by atoms with Gasteiger partial charge in [-0.3, -0.25) is 4.79 Å². The summed E-state index contributed by atoms with van der Waals surface area (Å²) in [5.41, 5.74) is 4.98. The summed E-state index contributed by atoms with van der Waals surface area (Å²) in [6, 6.07) is 38.0. The van der Waals surface area contributed by atoms with Crippen LogP contribution in [0.25, 0.3) is 0 Å². The second-order valence-electron chi connectivity index (χ2n) is 10.1. The van der Waals surface area contributed by atoms with Crippen molar-refractivity contribution in [3.05, 3.63) is 131 Å². The average molecular weight is 597 g/mol. The maximum Gasteiger partial charge on any atom is 0.304 e. The van der Waals surface area contributed by atoms with Crippen LogP contribution in [0.2, 0.25) is 0 Å². The number of carboxylic acids is 1. The molecule has 0 spiro atoms. The smallest absolute Gasteiger partial charge is 0.304 e. The van der Waals surface area contributed by atoms with Gasteiger partial charge in [0.25, 0.3) is 0 Å². The third kappa shape index (κ3) is 10.8. The Labute approximate surface area is 256 Å². The van der Waals surface area contributed by atoms with Gasteiger partial charge in [-0.25, -0.2) is 12.1 Å². The SMILES string of the molecule is CCCCCCCCCCc1ccc(C(SCCC(=O)O)(c2ccccc2)[c-]2cccc2)cc1.[Fe].[cH-]1[cH-][cH-][cH-][cH-]1. The van der Waals surface area contributed by atoms with E-state index in [-0.39, 0.29) is 23.5 Å². The molecule has 1 atom stereocenters. The maximum absolute atomic E-state index is 11.3. The Morgan fingerprint density at radius 3 is 1.82 bits per heavy atom. The van der Waals surface area contributed by atoms with Crippen LogP contribution in [0.3, 0.4) is 0 Å². The van der Waals surface area contributed by atoms with Gasteiger partial charge in [-0.15, -0.1) is 5.56 Å². The summed E-state index contributed by atoms with van der Waals surface area (Å²) in [6.45, 7) is 2.27. The minimum absolute atomic E-state index is 0. The quantitative estimate of drug-likeness (QED) is 0.0795. The summed E-state index contributed by atoms with van der Waals surface area (Å²) < 4.78 is -0.419. The maximum atomic E-state index is 11.3. The van der Waals surface area contributed by atoms with E-state index in [0.29, 0.717) is 5.75 Å². The molecule has 1 N–H and O–H groups in total. The summed E-state index contributed by atoms with van der Waals surface area (Å²) in [5, 5.41) is 9.28. The van der Waals surface area contributed by atoms with Crippen molar-refractivity contribution in [1.82, 2.24) is 0 Å². The molecule has 0 bridgehead atoms. The first kappa shape index (κ1) is 33.7. The third-order valence-electron chi connectivity index (χ3n) is 7.12. The van der Waals surface area contributed by atoms with Crippen molar-refractivity contribution in [2.24, 2.45) is 0 Å². The number of carbonyl (C=O) groups is 1. The predicted molar refractivity (Wildman–Crippen MR) is 168 cm³/mol. The molecule has 4 aromatic rings. The van der Waals surface area contributed by atoms with Crippen LogP contribution in [0.1, 0.15) is 87.0 Å². The van der Waals surface area contributed by atoms with Crippen molar-refractivity contribution in [2.75, 3.05) is 5.75 Å². The molecule has 0 radical (unpaired) electrons. The third-order valence-corrected chi connectivity index (χ3v) is 8.67. The van der Waals surface area contributed by atoms with E-state index >= 15 is 0 Å². The fourth-order valence-corrected chi connectivity index (χ4v) is 6.50. The van der Waals surface area contributed by atoms with Gasteiger partial charge in [0, 0.05) is 27.6 Å². The van der Waals surface area contributed by atoms with Crippen LogP contribution < -0.4 is 0 Å². The van der Waals surface area contributed by atoms with Gasteiger partial charge in [0.1, 0.15) is 0 Å². The zero-order chi connectivity index (χ0) is 27.6. The number of rotatable bonds is 16. The van der Waals surface area contributed by atoms with E-state index in [9.17, 15) is 9.90 Å². The average Bonchev–Trinajstić information content (AvgIpc) is 3.72. The van der Waals surface area contributed by atoms with Crippen molar-refractivity contribution in [2.45, 2.75) is 75.9 Å². The molecule has 0 amide bonds. The van der Waals surface area contributed by atoms with Crippen molar-refractivity contribution < 1.29 is 27.0 Å². The number of aryl methyl sites for hydroxylation is 1. The molecule has 0 aliphatic heterocycles. The normalized spacial score (nSPS) is 12.0. The number of carboxylic acid groups (broad SMARTS) is 1. The monoisotopic (exact) mass is 596 g/mol. The van der Waals surface area contributed by atoms with E-state index in [1.165, 1.54) is 73.6 Å². The number of hydrogen-bond acceptors (Lipinski definition) is 2. The second-order valence-corrected chi connectivity index (χ2v) is 11.4. The predicted octanol–water partition coefficient (Wildman–Crippen LogP) is 9.99. The van der Waals surface area contributed by atoms with Crippen molar-refractivity contribution in [1.29, 1.82) is 0 Å². The van der Waals surface area contributed by atoms with E-state index in [1.54, 1.807) is 11.8 Å². The molecule has 0 aliphatic carbocycles. The van der Waals surface area contributed by atoms with Crippen LogP contribution in [0.15, 0.2) is 109 Å². The van der Waals surface area contributed by atoms with Gasteiger partial charge in [-0.2, -0.15) is 23.9 Å². The molecule has 1 unspecified atom stereocenters. The van der Waals surface area contributed by atoms with Crippen LogP contribution in [-0.2, 0) is 33.0 Å². The molecule has 4 heteroatoms. The minimum atomic E-state index is -0.752. The zero-order valence-corrected chi connectivity index (χ0v) is 25.7. The summed E-state index contributed by atoms with van der Waals surface area (Å²) in [7, 11) is 0. The molecule has 0 fully saturated rings. The van der Waals surface area contributed by atoms with Crippen molar-refractivity contribution in [3.63, 3.8) is 0 Å². The van der Waals surface area contributed by atoms with Gasteiger partial charge in [0.2, 0.25) is 0 Å². The molecule has 2 nitrogen and oxygen atoms in total. The van der Waals surface area contributed by atoms with Crippen molar-refractivity contribution in [3.8, 4) is 0 Å². The first-order valence-electron chi connectivity index (χ1n) is 14.6. The summed E-state index contributed by atoms with van der Waals surface area (Å²) >= 11 is 1.72. The zero-order valence-electron chi connectivity index (χ0n) is 23.8. The Hall–Kier alpha value is -2.52. The molecule has 4 rings (SSSR count). The molecule has 4 aromatic carbocycles. The van der Waals surface area contributed by atoms with E-state index < -0.39 is 10.7 Å². The molecule has 0 saturated carbocycles. The largest absolute Gasteiger partial charge is 0.748 e. The topological polar surface area (TPSA) is 37.3 Å². The Kier molecular flexibility index (Phi) is 16.5. The summed E-state index contributed by atoms with van der Waals surface area (Å²) in [4.78, 5) is 11.3. The van der Waals surface area contributed by atoms with E-state index in [1.807, 2.05) is 36.4 Å². The van der Waals surface area contributed by atoms with Crippen LogP contribution in [0.4, 0.5) is 0 Å². The van der Waals surface area contributed by atoms with E-state index in [2.05, 4.69) is 79.7 Å². The molecule has 0 heterocycles. The first-order valence-corrected chi connectivity index (χ1v) is 15.5. The Bertz CT molecular complexity index is 1120. The number of thioether (sulfide) groups is 1. The number of hydrogen-bond donors (Lipinski definition) is 1.